The van der Waals surface area contributed by atoms with Crippen molar-refractivity contribution in [2.75, 3.05) is 0 Å². The van der Waals surface area contributed by atoms with E-state index in [-0.39, 0.29) is 10.8 Å². The summed E-state index contributed by atoms with van der Waals surface area (Å²) in [6.45, 7) is 8.22. The van der Waals surface area contributed by atoms with Crippen LogP contribution < -0.4 is 0 Å². The Morgan fingerprint density at radius 2 is 1.57 bits per heavy atom. The normalized spacial score (nSPS) is 13.8. The molecule has 0 fully saturated rings. The van der Waals surface area contributed by atoms with Gasteiger partial charge >= 0.3 is 0 Å². The van der Waals surface area contributed by atoms with Crippen LogP contribution in [0.2, 0.25) is 0 Å². The summed E-state index contributed by atoms with van der Waals surface area (Å²) < 4.78 is 0. The molecule has 2 unspecified atom stereocenters. The van der Waals surface area contributed by atoms with Gasteiger partial charge in [0.1, 0.15) is 0 Å². The lowest BCUT2D eigenvalue weighted by Gasteiger charge is -2.23. The first-order valence-corrected chi connectivity index (χ1v) is 8.24. The zero-order valence-corrected chi connectivity index (χ0v) is 14.3. The standard InChI is InChI=1S/C20H25NO2/c1-5-19(21(22)23)20(18-9-7-6-8-15(18)4)17-12-10-16(11-13-17)14(2)3/h6-14,19-20H,5H2,1-4H3. The first-order valence-electron chi connectivity index (χ1n) is 8.24. The molecule has 3 heteroatoms. The molecule has 0 radical (unpaired) electrons. The second-order valence-electron chi connectivity index (χ2n) is 6.42. The molecule has 0 heterocycles. The molecule has 0 amide bonds. The summed E-state index contributed by atoms with van der Waals surface area (Å²) in [6.07, 6.45) is 0.512. The molecule has 3 nitrogen and oxygen atoms in total. The summed E-state index contributed by atoms with van der Waals surface area (Å²) in [6, 6.07) is 15.7. The highest BCUT2D eigenvalue weighted by Gasteiger charge is 2.33. The zero-order chi connectivity index (χ0) is 17.0. The van der Waals surface area contributed by atoms with Gasteiger partial charge in [-0.05, 0) is 35.1 Å². The average Bonchev–Trinajstić information content (AvgIpc) is 2.53. The van der Waals surface area contributed by atoms with Crippen LogP contribution in [-0.2, 0) is 0 Å². The molecule has 0 aliphatic carbocycles. The molecular formula is C20H25NO2. The first-order chi connectivity index (χ1) is 11.0. The van der Waals surface area contributed by atoms with Crippen molar-refractivity contribution in [2.24, 2.45) is 0 Å². The second kappa shape index (κ2) is 7.40. The van der Waals surface area contributed by atoms with Crippen LogP contribution in [0.25, 0.3) is 0 Å². The molecule has 0 saturated carbocycles. The fourth-order valence-corrected chi connectivity index (χ4v) is 3.14. The third-order valence-corrected chi connectivity index (χ3v) is 4.56. The Bertz CT molecular complexity index is 662. The molecule has 0 aliphatic heterocycles. The van der Waals surface area contributed by atoms with Crippen molar-refractivity contribution in [3.05, 3.63) is 80.9 Å². The van der Waals surface area contributed by atoms with Crippen LogP contribution in [-0.4, -0.2) is 11.0 Å². The van der Waals surface area contributed by atoms with Gasteiger partial charge in [0.15, 0.2) is 0 Å². The summed E-state index contributed by atoms with van der Waals surface area (Å²) in [7, 11) is 0. The number of benzene rings is 2. The van der Waals surface area contributed by atoms with Crippen molar-refractivity contribution < 1.29 is 4.92 Å². The van der Waals surface area contributed by atoms with Crippen LogP contribution in [0.4, 0.5) is 0 Å². The van der Waals surface area contributed by atoms with Gasteiger partial charge in [0, 0.05) is 11.3 Å². The third kappa shape index (κ3) is 3.79. The minimum atomic E-state index is -0.610. The highest BCUT2D eigenvalue weighted by molar-refractivity contribution is 5.39. The molecule has 0 saturated heterocycles. The summed E-state index contributed by atoms with van der Waals surface area (Å²) in [5.41, 5.74) is 4.43. The van der Waals surface area contributed by atoms with Crippen molar-refractivity contribution in [1.29, 1.82) is 0 Å². The van der Waals surface area contributed by atoms with Crippen molar-refractivity contribution in [3.63, 3.8) is 0 Å². The van der Waals surface area contributed by atoms with Crippen LogP contribution in [0.5, 0.6) is 0 Å². The maximum Gasteiger partial charge on any atom is 0.223 e. The van der Waals surface area contributed by atoms with Crippen LogP contribution >= 0.6 is 0 Å². The minimum Gasteiger partial charge on any atom is -0.264 e. The van der Waals surface area contributed by atoms with Crippen LogP contribution in [0.15, 0.2) is 48.5 Å². The quantitative estimate of drug-likeness (QED) is 0.536. The number of hydrogen-bond donors (Lipinski definition) is 0. The second-order valence-corrected chi connectivity index (χ2v) is 6.42. The molecule has 2 aromatic carbocycles. The van der Waals surface area contributed by atoms with Gasteiger partial charge in [-0.25, -0.2) is 0 Å². The van der Waals surface area contributed by atoms with Crippen molar-refractivity contribution in [1.82, 2.24) is 0 Å². The van der Waals surface area contributed by atoms with Gasteiger partial charge in [-0.2, -0.15) is 0 Å². The fraction of sp³-hybridized carbons (Fsp3) is 0.400. The van der Waals surface area contributed by atoms with E-state index < -0.39 is 6.04 Å². The van der Waals surface area contributed by atoms with Gasteiger partial charge in [-0.3, -0.25) is 10.1 Å². The topological polar surface area (TPSA) is 43.1 Å². The van der Waals surface area contributed by atoms with E-state index in [1.54, 1.807) is 0 Å². The minimum absolute atomic E-state index is 0.131. The van der Waals surface area contributed by atoms with Crippen LogP contribution in [0.3, 0.4) is 0 Å². The Labute approximate surface area is 138 Å². The zero-order valence-electron chi connectivity index (χ0n) is 14.3. The lowest BCUT2D eigenvalue weighted by atomic mass is 9.81. The lowest BCUT2D eigenvalue weighted by molar-refractivity contribution is -0.525. The molecule has 0 spiro atoms. The predicted octanol–water partition coefficient (Wildman–Crippen LogP) is 5.31. The van der Waals surface area contributed by atoms with Gasteiger partial charge in [0.05, 0.1) is 5.92 Å². The Morgan fingerprint density at radius 3 is 2.04 bits per heavy atom. The summed E-state index contributed by atoms with van der Waals surface area (Å²) >= 11 is 0. The summed E-state index contributed by atoms with van der Waals surface area (Å²) in [4.78, 5) is 11.5. The van der Waals surface area contributed by atoms with E-state index in [4.69, 9.17) is 0 Å². The van der Waals surface area contributed by atoms with E-state index in [9.17, 15) is 10.1 Å². The molecule has 0 aliphatic rings. The van der Waals surface area contributed by atoms with E-state index in [1.165, 1.54) is 5.56 Å². The van der Waals surface area contributed by atoms with E-state index in [0.717, 1.165) is 16.7 Å². The Morgan fingerprint density at radius 1 is 1.00 bits per heavy atom. The Kier molecular flexibility index (Phi) is 5.54. The molecule has 2 atom stereocenters. The molecule has 0 bridgehead atoms. The molecule has 0 aromatic heterocycles. The molecule has 2 aromatic rings. The molecule has 122 valence electrons. The van der Waals surface area contributed by atoms with Crippen molar-refractivity contribution >= 4 is 0 Å². The van der Waals surface area contributed by atoms with Gasteiger partial charge < -0.3 is 0 Å². The van der Waals surface area contributed by atoms with E-state index in [2.05, 4.69) is 38.1 Å². The highest BCUT2D eigenvalue weighted by atomic mass is 16.6. The average molecular weight is 311 g/mol. The smallest absolute Gasteiger partial charge is 0.223 e. The summed E-state index contributed by atoms with van der Waals surface area (Å²) in [5, 5.41) is 11.6. The maximum atomic E-state index is 11.6. The predicted molar refractivity (Wildman–Crippen MR) is 94.6 cm³/mol. The number of nitro groups is 1. The number of hydrogen-bond acceptors (Lipinski definition) is 2. The van der Waals surface area contributed by atoms with E-state index in [1.807, 2.05) is 38.1 Å². The van der Waals surface area contributed by atoms with Crippen molar-refractivity contribution in [3.8, 4) is 0 Å². The molecular weight excluding hydrogens is 286 g/mol. The molecule has 2 rings (SSSR count). The monoisotopic (exact) mass is 311 g/mol. The SMILES string of the molecule is CCC(C(c1ccc(C(C)C)cc1)c1ccccc1C)[N+](=O)[O-]. The number of aryl methyl sites for hydroxylation is 1. The Balaban J connectivity index is 2.53. The fourth-order valence-electron chi connectivity index (χ4n) is 3.14. The van der Waals surface area contributed by atoms with Crippen LogP contribution in [0, 0.1) is 17.0 Å². The van der Waals surface area contributed by atoms with Crippen LogP contribution in [0.1, 0.15) is 61.3 Å². The number of rotatable bonds is 6. The van der Waals surface area contributed by atoms with Crippen molar-refractivity contribution in [2.45, 2.75) is 52.0 Å². The highest BCUT2D eigenvalue weighted by Crippen LogP contribution is 2.33. The third-order valence-electron chi connectivity index (χ3n) is 4.56. The first kappa shape index (κ1) is 17.2. The molecule has 23 heavy (non-hydrogen) atoms. The van der Waals surface area contributed by atoms with Gasteiger partial charge in [0.2, 0.25) is 6.04 Å². The molecule has 0 N–H and O–H groups in total. The van der Waals surface area contributed by atoms with E-state index in [0.29, 0.717) is 12.3 Å². The maximum absolute atomic E-state index is 11.6. The lowest BCUT2D eigenvalue weighted by Crippen LogP contribution is -2.28. The number of nitrogens with zero attached hydrogens (tertiary/aromatic N) is 1. The van der Waals surface area contributed by atoms with E-state index >= 15 is 0 Å². The van der Waals surface area contributed by atoms with Gasteiger partial charge in [0.25, 0.3) is 0 Å². The summed E-state index contributed by atoms with van der Waals surface area (Å²) in [5.74, 6) is 0.246. The largest absolute Gasteiger partial charge is 0.264 e. The van der Waals surface area contributed by atoms with Gasteiger partial charge in [-0.15, -0.1) is 0 Å². The van der Waals surface area contributed by atoms with Gasteiger partial charge in [-0.1, -0.05) is 69.3 Å². The Hall–Kier alpha value is -2.16.